The summed E-state index contributed by atoms with van der Waals surface area (Å²) in [5.41, 5.74) is 0.287. The van der Waals surface area contributed by atoms with Gasteiger partial charge in [0.15, 0.2) is 0 Å². The first kappa shape index (κ1) is 18.0. The van der Waals surface area contributed by atoms with Crippen molar-refractivity contribution < 1.29 is 14.3 Å². The summed E-state index contributed by atoms with van der Waals surface area (Å²) in [5.74, 6) is -0.136. The van der Waals surface area contributed by atoms with Crippen molar-refractivity contribution in [2.24, 2.45) is 0 Å². The van der Waals surface area contributed by atoms with E-state index in [4.69, 9.17) is 4.74 Å². The number of fused-ring (bicyclic) bond motifs is 1. The minimum atomic E-state index is -0.251. The number of ether oxygens (including phenoxy) is 1. The van der Waals surface area contributed by atoms with Crippen LogP contribution in [0.15, 0.2) is 29.1 Å². The number of piperazine rings is 1. The third-order valence-electron chi connectivity index (χ3n) is 4.42. The lowest BCUT2D eigenvalue weighted by Crippen LogP contribution is -2.51. The van der Waals surface area contributed by atoms with Crippen LogP contribution in [0.2, 0.25) is 0 Å². The molecular formula is C17H21N5O4. The molecule has 2 heterocycles. The van der Waals surface area contributed by atoms with Crippen molar-refractivity contribution >= 4 is 22.7 Å². The number of nitrogens with zero attached hydrogens (tertiary/aromatic N) is 5. The molecule has 0 radical (unpaired) electrons. The molecular weight excluding hydrogens is 338 g/mol. The van der Waals surface area contributed by atoms with Gasteiger partial charge in [0.05, 0.1) is 11.9 Å². The maximum absolute atomic E-state index is 12.4. The van der Waals surface area contributed by atoms with Gasteiger partial charge in [-0.25, -0.2) is 4.68 Å². The van der Waals surface area contributed by atoms with Crippen molar-refractivity contribution in [2.75, 3.05) is 39.9 Å². The first-order valence-electron chi connectivity index (χ1n) is 8.47. The molecule has 1 aliphatic rings. The fourth-order valence-electron chi connectivity index (χ4n) is 2.95. The zero-order valence-electron chi connectivity index (χ0n) is 14.6. The number of aromatic nitrogens is 3. The second kappa shape index (κ2) is 8.05. The Kier molecular flexibility index (Phi) is 5.57. The maximum atomic E-state index is 12.4. The van der Waals surface area contributed by atoms with Crippen molar-refractivity contribution in [1.82, 2.24) is 24.8 Å². The van der Waals surface area contributed by atoms with Gasteiger partial charge >= 0.3 is 0 Å². The van der Waals surface area contributed by atoms with Crippen LogP contribution in [-0.2, 0) is 20.9 Å². The molecule has 26 heavy (non-hydrogen) atoms. The zero-order chi connectivity index (χ0) is 18.5. The van der Waals surface area contributed by atoms with Gasteiger partial charge in [-0.3, -0.25) is 14.4 Å². The van der Waals surface area contributed by atoms with Crippen molar-refractivity contribution in [3.63, 3.8) is 0 Å². The highest BCUT2D eigenvalue weighted by molar-refractivity contribution is 5.79. The topological polar surface area (TPSA) is 97.6 Å². The summed E-state index contributed by atoms with van der Waals surface area (Å²) in [6.07, 6.45) is 0.166. The molecule has 0 bridgehead atoms. The highest BCUT2D eigenvalue weighted by Crippen LogP contribution is 2.06. The quantitative estimate of drug-likeness (QED) is 0.714. The van der Waals surface area contributed by atoms with Crippen molar-refractivity contribution in [1.29, 1.82) is 0 Å². The number of benzene rings is 1. The van der Waals surface area contributed by atoms with Crippen LogP contribution in [0.3, 0.4) is 0 Å². The van der Waals surface area contributed by atoms with E-state index in [1.54, 1.807) is 34.1 Å². The largest absolute Gasteiger partial charge is 0.375 e. The van der Waals surface area contributed by atoms with Gasteiger partial charge in [-0.15, -0.1) is 5.10 Å². The van der Waals surface area contributed by atoms with Crippen LogP contribution in [-0.4, -0.2) is 76.5 Å². The Hall–Kier alpha value is -2.81. The highest BCUT2D eigenvalue weighted by atomic mass is 16.5. The Balaban J connectivity index is 1.56. The van der Waals surface area contributed by atoms with Crippen LogP contribution < -0.4 is 5.56 Å². The van der Waals surface area contributed by atoms with Gasteiger partial charge < -0.3 is 14.5 Å². The van der Waals surface area contributed by atoms with E-state index < -0.39 is 0 Å². The number of methoxy groups -OCH3 is 1. The SMILES string of the molecule is COCC(=O)N1CCN(C(=O)CCn2nnc3ccccc3c2=O)CC1. The molecule has 1 aliphatic heterocycles. The van der Waals surface area contributed by atoms with Gasteiger partial charge in [0.2, 0.25) is 11.8 Å². The Morgan fingerprint density at radius 2 is 1.73 bits per heavy atom. The Morgan fingerprint density at radius 3 is 2.42 bits per heavy atom. The van der Waals surface area contributed by atoms with Crippen molar-refractivity contribution in [3.05, 3.63) is 34.6 Å². The molecule has 0 N–H and O–H groups in total. The number of aryl methyl sites for hydroxylation is 1. The molecule has 138 valence electrons. The summed E-state index contributed by atoms with van der Waals surface area (Å²) in [6.45, 7) is 2.17. The highest BCUT2D eigenvalue weighted by Gasteiger charge is 2.23. The van der Waals surface area contributed by atoms with Crippen molar-refractivity contribution in [2.45, 2.75) is 13.0 Å². The van der Waals surface area contributed by atoms with Gasteiger partial charge in [-0.1, -0.05) is 17.3 Å². The average Bonchev–Trinajstić information content (AvgIpc) is 2.68. The third-order valence-corrected chi connectivity index (χ3v) is 4.42. The predicted octanol–water partition coefficient (Wildman–Crippen LogP) is -0.501. The van der Waals surface area contributed by atoms with Gasteiger partial charge in [0.25, 0.3) is 5.56 Å². The van der Waals surface area contributed by atoms with Gasteiger partial charge in [-0.05, 0) is 12.1 Å². The molecule has 3 rings (SSSR count). The molecule has 0 atom stereocenters. The maximum Gasteiger partial charge on any atom is 0.277 e. The molecule has 9 heteroatoms. The predicted molar refractivity (Wildman–Crippen MR) is 93.5 cm³/mol. The lowest BCUT2D eigenvalue weighted by molar-refractivity contribution is -0.141. The first-order chi connectivity index (χ1) is 12.6. The van der Waals surface area contributed by atoms with Crippen molar-refractivity contribution in [3.8, 4) is 0 Å². The van der Waals surface area contributed by atoms with E-state index in [1.165, 1.54) is 11.8 Å². The first-order valence-corrected chi connectivity index (χ1v) is 8.47. The van der Waals surface area contributed by atoms with Crippen LogP contribution in [0.1, 0.15) is 6.42 Å². The Bertz CT molecular complexity index is 858. The summed E-state index contributed by atoms with van der Waals surface area (Å²) in [7, 11) is 1.48. The second-order valence-electron chi connectivity index (χ2n) is 6.08. The summed E-state index contributed by atoms with van der Waals surface area (Å²) < 4.78 is 6.06. The monoisotopic (exact) mass is 359 g/mol. The normalized spacial score (nSPS) is 14.7. The van der Waals surface area contributed by atoms with E-state index in [9.17, 15) is 14.4 Å². The van der Waals surface area contributed by atoms with E-state index in [0.717, 1.165) is 0 Å². The Labute approximate surface area is 150 Å². The lowest BCUT2D eigenvalue weighted by Gasteiger charge is -2.34. The number of rotatable bonds is 5. The van der Waals surface area contributed by atoms with E-state index in [0.29, 0.717) is 37.1 Å². The molecule has 1 aromatic carbocycles. The standard InChI is InChI=1S/C17H21N5O4/c1-26-12-16(24)21-10-8-20(9-11-21)15(23)6-7-22-17(25)13-4-2-3-5-14(13)18-19-22/h2-5H,6-12H2,1H3. The lowest BCUT2D eigenvalue weighted by atomic mass is 10.2. The molecule has 0 unspecified atom stereocenters. The van der Waals surface area contributed by atoms with Gasteiger partial charge in [0, 0.05) is 39.7 Å². The number of hydrogen-bond donors (Lipinski definition) is 0. The van der Waals surface area contributed by atoms with Crippen LogP contribution in [0.25, 0.3) is 10.9 Å². The minimum absolute atomic E-state index is 0.0531. The van der Waals surface area contributed by atoms with Gasteiger partial charge in [0.1, 0.15) is 12.1 Å². The number of amides is 2. The molecule has 0 spiro atoms. The zero-order valence-corrected chi connectivity index (χ0v) is 14.6. The number of carbonyl (C=O) groups excluding carboxylic acids is 2. The molecule has 9 nitrogen and oxygen atoms in total. The Morgan fingerprint density at radius 1 is 1.08 bits per heavy atom. The van der Waals surface area contributed by atoms with Crippen LogP contribution in [0.5, 0.6) is 0 Å². The van der Waals surface area contributed by atoms with E-state index >= 15 is 0 Å². The van der Waals surface area contributed by atoms with E-state index in [1.807, 2.05) is 0 Å². The molecule has 0 saturated carbocycles. The van der Waals surface area contributed by atoms with Crippen LogP contribution in [0, 0.1) is 0 Å². The number of hydrogen-bond acceptors (Lipinski definition) is 6. The molecule has 2 amide bonds. The van der Waals surface area contributed by atoms with E-state index in [-0.39, 0.29) is 36.9 Å². The molecule has 1 fully saturated rings. The van der Waals surface area contributed by atoms with Gasteiger partial charge in [-0.2, -0.15) is 0 Å². The molecule has 1 aromatic heterocycles. The second-order valence-corrected chi connectivity index (χ2v) is 6.08. The third kappa shape index (κ3) is 3.88. The molecule has 2 aromatic rings. The molecule has 1 saturated heterocycles. The summed E-state index contributed by atoms with van der Waals surface area (Å²) in [6, 6.07) is 6.98. The fourth-order valence-corrected chi connectivity index (χ4v) is 2.95. The number of carbonyl (C=O) groups is 2. The smallest absolute Gasteiger partial charge is 0.277 e. The molecule has 0 aliphatic carbocycles. The summed E-state index contributed by atoms with van der Waals surface area (Å²) >= 11 is 0. The van der Waals surface area contributed by atoms with Crippen LogP contribution >= 0.6 is 0 Å². The van der Waals surface area contributed by atoms with Crippen LogP contribution in [0.4, 0.5) is 0 Å². The van der Waals surface area contributed by atoms with E-state index in [2.05, 4.69) is 10.3 Å². The average molecular weight is 359 g/mol. The fraction of sp³-hybridized carbons (Fsp3) is 0.471. The summed E-state index contributed by atoms with van der Waals surface area (Å²) in [5, 5.41) is 8.39. The minimum Gasteiger partial charge on any atom is -0.375 e. The summed E-state index contributed by atoms with van der Waals surface area (Å²) in [4.78, 5) is 39.9.